The molecule has 1 unspecified atom stereocenters. The van der Waals surface area contributed by atoms with Crippen LogP contribution in [0.15, 0.2) is 35.4 Å². The molecule has 0 spiro atoms. The third-order valence-electron chi connectivity index (χ3n) is 4.59. The molecule has 0 saturated heterocycles. The lowest BCUT2D eigenvalue weighted by Crippen LogP contribution is -2.47. The summed E-state index contributed by atoms with van der Waals surface area (Å²) in [5, 5.41) is 9.04. The Morgan fingerprint density at radius 2 is 1.65 bits per heavy atom. The number of thioether (sulfide) groups is 1. The molecule has 31 heavy (non-hydrogen) atoms. The molecular weight excluding hydrogens is 436 g/mol. The fourth-order valence-electron chi connectivity index (χ4n) is 2.84. The van der Waals surface area contributed by atoms with Gasteiger partial charge in [0.15, 0.2) is 5.17 Å². The minimum atomic E-state index is -3.41. The number of hydrogen-bond acceptors (Lipinski definition) is 6. The maximum atomic E-state index is 13.4. The van der Waals surface area contributed by atoms with Crippen molar-refractivity contribution in [2.24, 2.45) is 15.9 Å². The maximum absolute atomic E-state index is 13.4. The van der Waals surface area contributed by atoms with E-state index in [1.807, 2.05) is 30.3 Å². The van der Waals surface area contributed by atoms with Gasteiger partial charge in [-0.2, -0.15) is 0 Å². The van der Waals surface area contributed by atoms with Gasteiger partial charge in [-0.25, -0.2) is 18.1 Å². The summed E-state index contributed by atoms with van der Waals surface area (Å²) in [5.74, 6) is -0.455. The Bertz CT molecular complexity index is 963. The normalized spacial score (nSPS) is 19.8. The highest BCUT2D eigenvalue weighted by molar-refractivity contribution is 8.14. The van der Waals surface area contributed by atoms with E-state index in [9.17, 15) is 18.0 Å². The van der Waals surface area contributed by atoms with E-state index in [4.69, 9.17) is 0 Å². The van der Waals surface area contributed by atoms with Crippen LogP contribution in [-0.4, -0.2) is 43.2 Å². The smallest absolute Gasteiger partial charge is 0.249 e. The molecule has 0 saturated carbocycles. The summed E-state index contributed by atoms with van der Waals surface area (Å²) >= 11 is 1.25. The van der Waals surface area contributed by atoms with Crippen molar-refractivity contribution >= 4 is 38.8 Å². The first-order valence-corrected chi connectivity index (χ1v) is 12.7. The van der Waals surface area contributed by atoms with Gasteiger partial charge in [0.1, 0.15) is 4.87 Å². The largest absolute Gasteiger partial charge is 0.303 e. The number of hydrazone groups is 1. The van der Waals surface area contributed by atoms with E-state index in [2.05, 4.69) is 15.1 Å². The maximum Gasteiger partial charge on any atom is 0.249 e. The lowest BCUT2D eigenvalue weighted by Gasteiger charge is -2.38. The molecule has 1 aliphatic rings. The Hall–Kier alpha value is -1.91. The molecule has 172 valence electrons. The second-order valence-corrected chi connectivity index (χ2v) is 12.7. The Morgan fingerprint density at radius 3 is 2.13 bits per heavy atom. The average Bonchev–Trinajstić information content (AvgIpc) is 2.98. The number of carbonyl (C=O) groups is 2. The van der Waals surface area contributed by atoms with Crippen LogP contribution in [0, 0.1) is 10.8 Å². The van der Waals surface area contributed by atoms with E-state index >= 15 is 0 Å². The molecule has 1 aliphatic heterocycles. The first-order chi connectivity index (χ1) is 14.1. The Labute approximate surface area is 189 Å². The molecule has 1 aromatic carbocycles. The van der Waals surface area contributed by atoms with Gasteiger partial charge in [-0.3, -0.25) is 9.59 Å². The van der Waals surface area contributed by atoms with E-state index in [0.717, 1.165) is 11.8 Å². The number of hydrogen-bond donors (Lipinski definition) is 2. The Morgan fingerprint density at radius 1 is 1.06 bits per heavy atom. The van der Waals surface area contributed by atoms with Crippen molar-refractivity contribution in [1.82, 2.24) is 15.0 Å². The predicted molar refractivity (Wildman–Crippen MR) is 125 cm³/mol. The van der Waals surface area contributed by atoms with E-state index in [-0.39, 0.29) is 24.8 Å². The molecule has 2 amide bonds. The van der Waals surface area contributed by atoms with Crippen LogP contribution in [0.5, 0.6) is 0 Å². The summed E-state index contributed by atoms with van der Waals surface area (Å²) < 4.78 is 25.8. The summed E-state index contributed by atoms with van der Waals surface area (Å²) in [4.78, 5) is 25.0. The third-order valence-corrected chi connectivity index (χ3v) is 6.64. The number of rotatable bonds is 5. The monoisotopic (exact) mass is 468 g/mol. The van der Waals surface area contributed by atoms with Gasteiger partial charge in [0.05, 0.1) is 6.26 Å². The van der Waals surface area contributed by atoms with Gasteiger partial charge in [-0.05, 0) is 5.56 Å². The summed E-state index contributed by atoms with van der Waals surface area (Å²) in [5.41, 5.74) is -0.591. The van der Waals surface area contributed by atoms with Gasteiger partial charge in [0, 0.05) is 23.8 Å². The van der Waals surface area contributed by atoms with Crippen LogP contribution in [0.3, 0.4) is 0 Å². The van der Waals surface area contributed by atoms with Crippen LogP contribution in [0.1, 0.15) is 53.5 Å². The standard InChI is InChI=1S/C21H32N4O4S2/c1-19(2,3)16(26)23-18-24-25(17(27)20(4,5)6)21(30-18,13-14-22-31(7,28)29)15-11-9-8-10-12-15/h8-12,22H,13-14H2,1-7H3,(H,23,24,26). The molecule has 8 nitrogen and oxygen atoms in total. The van der Waals surface area contributed by atoms with Crippen molar-refractivity contribution in [2.45, 2.75) is 52.8 Å². The van der Waals surface area contributed by atoms with Gasteiger partial charge in [0.2, 0.25) is 21.8 Å². The molecule has 10 heteroatoms. The van der Waals surface area contributed by atoms with Crippen molar-refractivity contribution in [1.29, 1.82) is 0 Å². The van der Waals surface area contributed by atoms with Crippen molar-refractivity contribution in [2.75, 3.05) is 12.8 Å². The van der Waals surface area contributed by atoms with Crippen molar-refractivity contribution in [3.63, 3.8) is 0 Å². The number of carbonyl (C=O) groups excluding carboxylic acids is 2. The zero-order valence-corrected chi connectivity index (χ0v) is 20.8. The van der Waals surface area contributed by atoms with Crippen LogP contribution >= 0.6 is 11.8 Å². The van der Waals surface area contributed by atoms with E-state index in [0.29, 0.717) is 5.17 Å². The molecule has 2 rings (SSSR count). The molecule has 0 radical (unpaired) electrons. The molecule has 0 aromatic heterocycles. The molecule has 0 bridgehead atoms. The summed E-state index contributed by atoms with van der Waals surface area (Å²) in [7, 11) is -3.41. The van der Waals surface area contributed by atoms with Crippen molar-refractivity contribution in [3.05, 3.63) is 35.9 Å². The number of benzene rings is 1. The highest BCUT2D eigenvalue weighted by Crippen LogP contribution is 2.49. The molecular formula is C21H32N4O4S2. The summed E-state index contributed by atoms with van der Waals surface area (Å²) in [6.07, 6.45) is 1.35. The number of amides is 2. The van der Waals surface area contributed by atoms with Gasteiger partial charge in [-0.15, -0.1) is 5.10 Å². The fourth-order valence-corrected chi connectivity index (χ4v) is 4.57. The minimum Gasteiger partial charge on any atom is -0.303 e. The average molecular weight is 469 g/mol. The Kier molecular flexibility index (Phi) is 7.29. The Balaban J connectivity index is 2.53. The fraction of sp³-hybridized carbons (Fsp3) is 0.571. The highest BCUT2D eigenvalue weighted by atomic mass is 32.2. The molecule has 1 atom stereocenters. The SMILES string of the molecule is CC(C)(C)C(=O)NC1=NN(C(=O)C(C)(C)C)C(CCNS(C)(=O)=O)(c2ccccc2)S1. The number of nitrogens with one attached hydrogen (secondary N) is 2. The lowest BCUT2D eigenvalue weighted by molar-refractivity contribution is -0.143. The minimum absolute atomic E-state index is 0.102. The molecule has 0 aliphatic carbocycles. The van der Waals surface area contributed by atoms with Crippen LogP contribution < -0.4 is 10.0 Å². The van der Waals surface area contributed by atoms with E-state index < -0.39 is 25.7 Å². The first-order valence-electron chi connectivity index (χ1n) is 10.0. The van der Waals surface area contributed by atoms with Crippen molar-refractivity contribution in [3.8, 4) is 0 Å². The van der Waals surface area contributed by atoms with Crippen LogP contribution in [0.25, 0.3) is 0 Å². The number of amidine groups is 1. The second kappa shape index (κ2) is 8.91. The van der Waals surface area contributed by atoms with Crippen LogP contribution in [-0.2, 0) is 24.5 Å². The quantitative estimate of drug-likeness (QED) is 0.691. The van der Waals surface area contributed by atoms with E-state index in [1.165, 1.54) is 16.8 Å². The summed E-state index contributed by atoms with van der Waals surface area (Å²) in [6, 6.07) is 9.33. The number of sulfonamides is 1. The lowest BCUT2D eigenvalue weighted by atomic mass is 9.93. The van der Waals surface area contributed by atoms with Crippen molar-refractivity contribution < 1.29 is 18.0 Å². The zero-order valence-electron chi connectivity index (χ0n) is 19.1. The molecule has 2 N–H and O–H groups in total. The molecule has 0 fully saturated rings. The molecule has 1 aromatic rings. The zero-order chi connectivity index (χ0) is 23.7. The van der Waals surface area contributed by atoms with Crippen LogP contribution in [0.4, 0.5) is 0 Å². The highest BCUT2D eigenvalue weighted by Gasteiger charge is 2.51. The summed E-state index contributed by atoms with van der Waals surface area (Å²) in [6.45, 7) is 10.9. The topological polar surface area (TPSA) is 108 Å². The molecule has 1 heterocycles. The van der Waals surface area contributed by atoms with Gasteiger partial charge in [0.25, 0.3) is 0 Å². The first kappa shape index (κ1) is 25.4. The third kappa shape index (κ3) is 6.30. The van der Waals surface area contributed by atoms with Gasteiger partial charge < -0.3 is 5.32 Å². The van der Waals surface area contributed by atoms with Gasteiger partial charge >= 0.3 is 0 Å². The number of nitrogens with zero attached hydrogens (tertiary/aromatic N) is 2. The second-order valence-electron chi connectivity index (χ2n) is 9.65. The predicted octanol–water partition coefficient (Wildman–Crippen LogP) is 2.83. The van der Waals surface area contributed by atoms with Crippen LogP contribution in [0.2, 0.25) is 0 Å². The van der Waals surface area contributed by atoms with Gasteiger partial charge in [-0.1, -0.05) is 83.6 Å². The van der Waals surface area contributed by atoms with E-state index in [1.54, 1.807) is 41.5 Å².